The Labute approximate surface area is 138 Å². The average molecular weight is 327 g/mol. The highest BCUT2D eigenvalue weighted by Gasteiger charge is 2.33. The van der Waals surface area contributed by atoms with Crippen LogP contribution in [0.5, 0.6) is 11.6 Å². The average Bonchev–Trinajstić information content (AvgIpc) is 2.57. The Morgan fingerprint density at radius 2 is 2.12 bits per heavy atom. The summed E-state index contributed by atoms with van der Waals surface area (Å²) < 4.78 is 24.2. The molecule has 6 nitrogen and oxygen atoms in total. The number of amides is 1. The molecule has 1 aromatic heterocycles. The lowest BCUT2D eigenvalue weighted by molar-refractivity contribution is -0.142. The van der Waals surface area contributed by atoms with Crippen LogP contribution >= 0.6 is 0 Å². The van der Waals surface area contributed by atoms with Gasteiger partial charge in [-0.2, -0.15) is 5.26 Å². The summed E-state index contributed by atoms with van der Waals surface area (Å²) in [7, 11) is 0. The number of likely N-dealkylation sites (tertiary alicyclic amines) is 1. The molecule has 3 rings (SSSR count). The maximum absolute atomic E-state index is 13.4. The Hall–Kier alpha value is -3.14. The Morgan fingerprint density at radius 3 is 2.88 bits per heavy atom. The smallest absolute Gasteiger partial charge is 0.260 e. The number of hydrogen-bond donors (Lipinski definition) is 0. The third-order valence-corrected chi connectivity index (χ3v) is 3.56. The molecule has 1 aliphatic rings. The van der Waals surface area contributed by atoms with Gasteiger partial charge in [0.2, 0.25) is 5.88 Å². The normalized spacial score (nSPS) is 13.8. The lowest BCUT2D eigenvalue weighted by atomic mass is 10.1. The molecule has 0 atom stereocenters. The van der Waals surface area contributed by atoms with E-state index in [0.717, 1.165) is 0 Å². The number of para-hydroxylation sites is 1. The molecule has 1 aromatic carbocycles. The van der Waals surface area contributed by atoms with Gasteiger partial charge in [-0.15, -0.1) is 0 Å². The third-order valence-electron chi connectivity index (χ3n) is 3.56. The van der Waals surface area contributed by atoms with Gasteiger partial charge in [0, 0.05) is 6.20 Å². The van der Waals surface area contributed by atoms with Crippen LogP contribution in [0.3, 0.4) is 0 Å². The van der Waals surface area contributed by atoms with Crippen molar-refractivity contribution in [2.45, 2.75) is 6.10 Å². The zero-order chi connectivity index (χ0) is 16.9. The van der Waals surface area contributed by atoms with Crippen LogP contribution < -0.4 is 9.47 Å². The van der Waals surface area contributed by atoms with E-state index in [2.05, 4.69) is 4.98 Å². The van der Waals surface area contributed by atoms with E-state index in [0.29, 0.717) is 18.7 Å². The van der Waals surface area contributed by atoms with Gasteiger partial charge in [-0.3, -0.25) is 4.79 Å². The number of ether oxygens (including phenoxy) is 2. The summed E-state index contributed by atoms with van der Waals surface area (Å²) in [5, 5.41) is 8.98. The SMILES string of the molecule is N#Cc1cccnc1OC1CN(C(=O)COc2ccccc2F)C1. The zero-order valence-corrected chi connectivity index (χ0v) is 12.7. The number of aromatic nitrogens is 1. The predicted octanol–water partition coefficient (Wildman–Crippen LogP) is 1.76. The Bertz CT molecular complexity index is 785. The van der Waals surface area contributed by atoms with Gasteiger partial charge in [-0.25, -0.2) is 9.37 Å². The Kier molecular flexibility index (Phi) is 4.57. The van der Waals surface area contributed by atoms with Crippen molar-refractivity contribution in [3.05, 3.63) is 54.0 Å². The monoisotopic (exact) mass is 327 g/mol. The van der Waals surface area contributed by atoms with Crippen LogP contribution in [0.4, 0.5) is 4.39 Å². The molecular weight excluding hydrogens is 313 g/mol. The second kappa shape index (κ2) is 6.96. The molecular formula is C17H14FN3O3. The first-order chi connectivity index (χ1) is 11.7. The van der Waals surface area contributed by atoms with Crippen molar-refractivity contribution in [1.82, 2.24) is 9.88 Å². The van der Waals surface area contributed by atoms with Gasteiger partial charge in [-0.05, 0) is 24.3 Å². The lowest BCUT2D eigenvalue weighted by Crippen LogP contribution is -2.57. The van der Waals surface area contributed by atoms with Crippen molar-refractivity contribution >= 4 is 5.91 Å². The summed E-state index contributed by atoms with van der Waals surface area (Å²) in [5.41, 5.74) is 0.352. The summed E-state index contributed by atoms with van der Waals surface area (Å²) in [6.45, 7) is 0.516. The number of carbonyl (C=O) groups excluding carboxylic acids is 1. The standard InChI is InChI=1S/C17H14FN3O3/c18-14-5-1-2-6-15(14)23-11-16(22)21-9-13(10-21)24-17-12(8-19)4-3-7-20-17/h1-7,13H,9-11H2. The number of hydrogen-bond acceptors (Lipinski definition) is 5. The number of benzene rings is 1. The molecule has 0 N–H and O–H groups in total. The van der Waals surface area contributed by atoms with Gasteiger partial charge in [-0.1, -0.05) is 12.1 Å². The van der Waals surface area contributed by atoms with Crippen molar-refractivity contribution in [2.24, 2.45) is 0 Å². The van der Waals surface area contributed by atoms with Crippen LogP contribution in [-0.2, 0) is 4.79 Å². The maximum atomic E-state index is 13.4. The van der Waals surface area contributed by atoms with E-state index >= 15 is 0 Å². The van der Waals surface area contributed by atoms with E-state index < -0.39 is 5.82 Å². The molecule has 7 heteroatoms. The molecule has 2 heterocycles. The number of pyridine rings is 1. The third kappa shape index (κ3) is 3.43. The Morgan fingerprint density at radius 1 is 1.33 bits per heavy atom. The van der Waals surface area contributed by atoms with Crippen LogP contribution in [-0.4, -0.2) is 41.6 Å². The highest BCUT2D eigenvalue weighted by molar-refractivity contribution is 5.78. The maximum Gasteiger partial charge on any atom is 0.260 e. The van der Waals surface area contributed by atoms with Gasteiger partial charge in [0.1, 0.15) is 17.7 Å². The molecule has 0 aliphatic carbocycles. The minimum Gasteiger partial charge on any atom is -0.481 e. The molecule has 1 saturated heterocycles. The van der Waals surface area contributed by atoms with Crippen molar-refractivity contribution in [2.75, 3.05) is 19.7 Å². The summed E-state index contributed by atoms with van der Waals surface area (Å²) in [4.78, 5) is 17.5. The number of nitrogens with zero attached hydrogens (tertiary/aromatic N) is 3. The Balaban J connectivity index is 1.47. The molecule has 1 fully saturated rings. The molecule has 122 valence electrons. The molecule has 1 amide bonds. The van der Waals surface area contributed by atoms with Gasteiger partial charge in [0.05, 0.1) is 13.1 Å². The van der Waals surface area contributed by atoms with Crippen LogP contribution in [0, 0.1) is 17.1 Å². The first kappa shape index (κ1) is 15.7. The largest absolute Gasteiger partial charge is 0.481 e. The van der Waals surface area contributed by atoms with Crippen LogP contribution in [0.1, 0.15) is 5.56 Å². The van der Waals surface area contributed by atoms with E-state index in [9.17, 15) is 9.18 Å². The van der Waals surface area contributed by atoms with Crippen LogP contribution in [0.15, 0.2) is 42.6 Å². The summed E-state index contributed by atoms with van der Waals surface area (Å²) in [6.07, 6.45) is 1.32. The topological polar surface area (TPSA) is 75.5 Å². The molecule has 2 aromatic rings. The summed E-state index contributed by atoms with van der Waals surface area (Å²) in [5.74, 6) is -0.444. The predicted molar refractivity (Wildman–Crippen MR) is 81.8 cm³/mol. The minimum absolute atomic E-state index is 0.0475. The molecule has 1 aliphatic heterocycles. The quantitative estimate of drug-likeness (QED) is 0.836. The van der Waals surface area contributed by atoms with E-state index in [1.54, 1.807) is 35.4 Å². The number of nitriles is 1. The minimum atomic E-state index is -0.505. The first-order valence-electron chi connectivity index (χ1n) is 7.34. The highest BCUT2D eigenvalue weighted by atomic mass is 19.1. The molecule has 24 heavy (non-hydrogen) atoms. The lowest BCUT2D eigenvalue weighted by Gasteiger charge is -2.38. The van der Waals surface area contributed by atoms with Gasteiger partial charge < -0.3 is 14.4 Å². The fraction of sp³-hybridized carbons (Fsp3) is 0.235. The van der Waals surface area contributed by atoms with Crippen molar-refractivity contribution in [3.63, 3.8) is 0 Å². The van der Waals surface area contributed by atoms with Crippen molar-refractivity contribution in [3.8, 4) is 17.7 Å². The fourth-order valence-corrected chi connectivity index (χ4v) is 2.24. The van der Waals surface area contributed by atoms with Crippen molar-refractivity contribution < 1.29 is 18.7 Å². The fourth-order valence-electron chi connectivity index (χ4n) is 2.24. The van der Waals surface area contributed by atoms with E-state index in [1.165, 1.54) is 12.1 Å². The molecule has 0 radical (unpaired) electrons. The molecule has 0 bridgehead atoms. The molecule has 0 saturated carbocycles. The van der Waals surface area contributed by atoms with Gasteiger partial charge in [0.15, 0.2) is 18.2 Å². The van der Waals surface area contributed by atoms with E-state index in [4.69, 9.17) is 14.7 Å². The molecule has 0 unspecified atom stereocenters. The van der Waals surface area contributed by atoms with Gasteiger partial charge in [0.25, 0.3) is 5.91 Å². The number of rotatable bonds is 5. The first-order valence-corrected chi connectivity index (χ1v) is 7.34. The second-order valence-electron chi connectivity index (χ2n) is 5.23. The van der Waals surface area contributed by atoms with Gasteiger partial charge >= 0.3 is 0 Å². The highest BCUT2D eigenvalue weighted by Crippen LogP contribution is 2.20. The number of halogens is 1. The van der Waals surface area contributed by atoms with Crippen LogP contribution in [0.2, 0.25) is 0 Å². The molecule has 0 spiro atoms. The zero-order valence-electron chi connectivity index (χ0n) is 12.7. The summed E-state index contributed by atoms with van der Waals surface area (Å²) in [6, 6.07) is 11.2. The van der Waals surface area contributed by atoms with E-state index in [1.807, 2.05) is 6.07 Å². The van der Waals surface area contributed by atoms with E-state index in [-0.39, 0.29) is 30.2 Å². The second-order valence-corrected chi connectivity index (χ2v) is 5.23. The number of carbonyl (C=O) groups is 1. The van der Waals surface area contributed by atoms with Crippen LogP contribution in [0.25, 0.3) is 0 Å². The summed E-state index contributed by atoms with van der Waals surface area (Å²) >= 11 is 0. The van der Waals surface area contributed by atoms with Crippen molar-refractivity contribution in [1.29, 1.82) is 5.26 Å².